The van der Waals surface area contributed by atoms with Crippen molar-refractivity contribution in [2.24, 2.45) is 0 Å². The quantitative estimate of drug-likeness (QED) is 0.653. The van der Waals surface area contributed by atoms with Crippen LogP contribution in [0, 0.1) is 17.5 Å². The number of ether oxygens (including phenoxy) is 1. The van der Waals surface area contributed by atoms with Crippen LogP contribution in [0.25, 0.3) is 0 Å². The molecule has 6 heteroatoms. The molecule has 23 heavy (non-hydrogen) atoms. The van der Waals surface area contributed by atoms with Gasteiger partial charge in [-0.2, -0.15) is 0 Å². The maximum Gasteiger partial charge on any atom is 0.254 e. The smallest absolute Gasteiger partial charge is 0.254 e. The molecule has 0 aromatic heterocycles. The molecule has 0 radical (unpaired) electrons. The Balaban J connectivity index is 1.84. The Morgan fingerprint density at radius 2 is 1.74 bits per heavy atom. The summed E-state index contributed by atoms with van der Waals surface area (Å²) >= 11 is 0. The zero-order valence-electron chi connectivity index (χ0n) is 12.5. The zero-order chi connectivity index (χ0) is 16.8. The summed E-state index contributed by atoms with van der Waals surface area (Å²) in [6, 6.07) is 9.10. The number of halogens is 3. The molecule has 0 atom stereocenters. The highest BCUT2D eigenvalue weighted by molar-refractivity contribution is 5.94. The van der Waals surface area contributed by atoms with Crippen molar-refractivity contribution >= 4 is 5.91 Å². The standard InChI is InChI=1S/C17H16F3NO2/c1-2-11-3-5-12(6-4-11)23-10-9-21-17(22)13-7-8-14(18)16(20)15(13)19/h3-8H,2,9-10H2,1H3,(H,21,22). The van der Waals surface area contributed by atoms with Gasteiger partial charge in [0.15, 0.2) is 17.5 Å². The van der Waals surface area contributed by atoms with E-state index in [1.54, 1.807) is 0 Å². The summed E-state index contributed by atoms with van der Waals surface area (Å²) in [6.45, 7) is 2.32. The van der Waals surface area contributed by atoms with Crippen LogP contribution in [0.3, 0.4) is 0 Å². The molecule has 1 amide bonds. The molecule has 0 aliphatic rings. The average Bonchev–Trinajstić information content (AvgIpc) is 2.57. The number of amides is 1. The van der Waals surface area contributed by atoms with Crippen LogP contribution in [0.1, 0.15) is 22.8 Å². The van der Waals surface area contributed by atoms with E-state index in [9.17, 15) is 18.0 Å². The van der Waals surface area contributed by atoms with Crippen molar-refractivity contribution in [1.29, 1.82) is 0 Å². The second-order valence-electron chi connectivity index (χ2n) is 4.82. The lowest BCUT2D eigenvalue weighted by molar-refractivity contribution is 0.0941. The van der Waals surface area contributed by atoms with Gasteiger partial charge in [-0.25, -0.2) is 13.2 Å². The summed E-state index contributed by atoms with van der Waals surface area (Å²) < 4.78 is 44.7. The third-order valence-electron chi connectivity index (χ3n) is 3.27. The predicted molar refractivity (Wildman–Crippen MR) is 80.0 cm³/mol. The summed E-state index contributed by atoms with van der Waals surface area (Å²) in [5, 5.41) is 2.39. The monoisotopic (exact) mass is 323 g/mol. The molecule has 122 valence electrons. The van der Waals surface area contributed by atoms with Gasteiger partial charge in [0.1, 0.15) is 12.4 Å². The lowest BCUT2D eigenvalue weighted by atomic mass is 10.2. The SMILES string of the molecule is CCc1ccc(OCCNC(=O)c2ccc(F)c(F)c2F)cc1. The molecule has 2 rings (SSSR count). The van der Waals surface area contributed by atoms with Gasteiger partial charge in [0, 0.05) is 0 Å². The number of carbonyl (C=O) groups is 1. The second-order valence-corrected chi connectivity index (χ2v) is 4.82. The molecule has 0 spiro atoms. The molecule has 0 bridgehead atoms. The van der Waals surface area contributed by atoms with E-state index < -0.39 is 28.9 Å². The number of carbonyl (C=O) groups excluding carboxylic acids is 1. The van der Waals surface area contributed by atoms with Crippen LogP contribution in [0.2, 0.25) is 0 Å². The molecule has 1 N–H and O–H groups in total. The van der Waals surface area contributed by atoms with Crippen molar-refractivity contribution in [3.05, 3.63) is 65.0 Å². The Bertz CT molecular complexity index is 687. The topological polar surface area (TPSA) is 38.3 Å². The van der Waals surface area contributed by atoms with Gasteiger partial charge in [0.25, 0.3) is 5.91 Å². The molecular weight excluding hydrogens is 307 g/mol. The molecule has 0 unspecified atom stereocenters. The minimum Gasteiger partial charge on any atom is -0.492 e. The largest absolute Gasteiger partial charge is 0.492 e. The van der Waals surface area contributed by atoms with Crippen molar-refractivity contribution < 1.29 is 22.7 Å². The van der Waals surface area contributed by atoms with Crippen LogP contribution < -0.4 is 10.1 Å². The van der Waals surface area contributed by atoms with Gasteiger partial charge in [-0.1, -0.05) is 19.1 Å². The first-order valence-corrected chi connectivity index (χ1v) is 7.16. The van der Waals surface area contributed by atoms with Crippen molar-refractivity contribution in [2.45, 2.75) is 13.3 Å². The average molecular weight is 323 g/mol. The van der Waals surface area contributed by atoms with Crippen molar-refractivity contribution in [3.63, 3.8) is 0 Å². The first-order chi connectivity index (χ1) is 11.0. The molecule has 0 aliphatic carbocycles. The van der Waals surface area contributed by atoms with Crippen LogP contribution in [0.5, 0.6) is 5.75 Å². The molecule has 0 saturated heterocycles. The molecule has 2 aromatic rings. The minimum atomic E-state index is -1.66. The second kappa shape index (κ2) is 7.67. The van der Waals surface area contributed by atoms with Gasteiger partial charge in [0.05, 0.1) is 12.1 Å². The summed E-state index contributed by atoms with van der Waals surface area (Å²) in [5.74, 6) is -4.68. The first-order valence-electron chi connectivity index (χ1n) is 7.16. The number of hydrogen-bond donors (Lipinski definition) is 1. The van der Waals surface area contributed by atoms with Crippen LogP contribution in [0.4, 0.5) is 13.2 Å². The minimum absolute atomic E-state index is 0.104. The van der Waals surface area contributed by atoms with E-state index in [1.165, 1.54) is 5.56 Å². The number of rotatable bonds is 6. The zero-order valence-corrected chi connectivity index (χ0v) is 12.5. The normalized spacial score (nSPS) is 10.4. The van der Waals surface area contributed by atoms with E-state index in [-0.39, 0.29) is 13.2 Å². The number of benzene rings is 2. The third-order valence-corrected chi connectivity index (χ3v) is 3.27. The van der Waals surface area contributed by atoms with Gasteiger partial charge >= 0.3 is 0 Å². The van der Waals surface area contributed by atoms with Crippen molar-refractivity contribution in [3.8, 4) is 5.75 Å². The lowest BCUT2D eigenvalue weighted by Crippen LogP contribution is -2.29. The Hall–Kier alpha value is -2.50. The highest BCUT2D eigenvalue weighted by Gasteiger charge is 2.18. The van der Waals surface area contributed by atoms with Crippen LogP contribution >= 0.6 is 0 Å². The Kier molecular flexibility index (Phi) is 5.62. The Morgan fingerprint density at radius 3 is 2.39 bits per heavy atom. The fourth-order valence-electron chi connectivity index (χ4n) is 1.95. The number of aryl methyl sites for hydroxylation is 1. The highest BCUT2D eigenvalue weighted by atomic mass is 19.2. The molecule has 0 fully saturated rings. The predicted octanol–water partition coefficient (Wildman–Crippen LogP) is 3.48. The van der Waals surface area contributed by atoms with E-state index in [1.807, 2.05) is 31.2 Å². The van der Waals surface area contributed by atoms with E-state index in [4.69, 9.17) is 4.74 Å². The van der Waals surface area contributed by atoms with Crippen molar-refractivity contribution in [2.75, 3.05) is 13.2 Å². The third kappa shape index (κ3) is 4.25. The van der Waals surface area contributed by atoms with Gasteiger partial charge < -0.3 is 10.1 Å². The van der Waals surface area contributed by atoms with Crippen LogP contribution in [0.15, 0.2) is 36.4 Å². The molecular formula is C17H16F3NO2. The lowest BCUT2D eigenvalue weighted by Gasteiger charge is -2.09. The summed E-state index contributed by atoms with van der Waals surface area (Å²) in [4.78, 5) is 11.7. The fraction of sp³-hybridized carbons (Fsp3) is 0.235. The van der Waals surface area contributed by atoms with Gasteiger partial charge in [-0.15, -0.1) is 0 Å². The molecule has 0 aliphatic heterocycles. The van der Waals surface area contributed by atoms with Gasteiger partial charge in [-0.3, -0.25) is 4.79 Å². The van der Waals surface area contributed by atoms with Crippen LogP contribution in [-0.2, 0) is 6.42 Å². The molecule has 0 heterocycles. The maximum atomic E-state index is 13.5. The molecule has 2 aromatic carbocycles. The molecule has 0 saturated carbocycles. The summed E-state index contributed by atoms with van der Waals surface area (Å²) in [6.07, 6.45) is 0.927. The van der Waals surface area contributed by atoms with E-state index in [2.05, 4.69) is 5.32 Å². The van der Waals surface area contributed by atoms with Crippen molar-refractivity contribution in [1.82, 2.24) is 5.32 Å². The van der Waals surface area contributed by atoms with E-state index in [0.29, 0.717) is 11.8 Å². The van der Waals surface area contributed by atoms with Crippen LogP contribution in [-0.4, -0.2) is 19.1 Å². The summed E-state index contributed by atoms with van der Waals surface area (Å²) in [7, 11) is 0. The fourth-order valence-corrected chi connectivity index (χ4v) is 1.95. The maximum absolute atomic E-state index is 13.5. The highest BCUT2D eigenvalue weighted by Crippen LogP contribution is 2.15. The Labute approximate surface area is 132 Å². The van der Waals surface area contributed by atoms with E-state index >= 15 is 0 Å². The summed E-state index contributed by atoms with van der Waals surface area (Å²) in [5.41, 5.74) is 0.635. The first kappa shape index (κ1) is 16.9. The van der Waals surface area contributed by atoms with Gasteiger partial charge in [0.2, 0.25) is 0 Å². The Morgan fingerprint density at radius 1 is 1.04 bits per heavy atom. The van der Waals surface area contributed by atoms with E-state index in [0.717, 1.165) is 12.5 Å². The molecule has 3 nitrogen and oxygen atoms in total. The number of nitrogens with one attached hydrogen (secondary N) is 1. The van der Waals surface area contributed by atoms with Gasteiger partial charge in [-0.05, 0) is 36.2 Å². The number of hydrogen-bond acceptors (Lipinski definition) is 2.